The first-order valence-corrected chi connectivity index (χ1v) is 8.99. The van der Waals surface area contributed by atoms with Crippen LogP contribution in [-0.2, 0) is 0 Å². The topological polar surface area (TPSA) is 91.1 Å². The number of aromatic hydroxyl groups is 1. The van der Waals surface area contributed by atoms with E-state index in [0.717, 1.165) is 12.8 Å². The van der Waals surface area contributed by atoms with Gasteiger partial charge in [-0.1, -0.05) is 0 Å². The van der Waals surface area contributed by atoms with Gasteiger partial charge in [-0.05, 0) is 51.0 Å². The maximum atomic E-state index is 15.0. The fourth-order valence-corrected chi connectivity index (χ4v) is 4.27. The molecule has 0 unspecified atom stereocenters. The number of nitrogens with zero attached hydrogens (tertiary/aromatic N) is 3. The first kappa shape index (κ1) is 17.7. The molecule has 1 aromatic carbocycles. The number of hydrogen-bond acceptors (Lipinski definition) is 6. The molecule has 6 nitrogen and oxygen atoms in total. The second kappa shape index (κ2) is 6.17. The molecule has 2 saturated heterocycles. The van der Waals surface area contributed by atoms with Gasteiger partial charge < -0.3 is 15.2 Å². The molecule has 2 N–H and O–H groups in total. The lowest BCUT2D eigenvalue weighted by atomic mass is 9.85. The lowest BCUT2D eigenvalue weighted by molar-refractivity contribution is -0.00951. The lowest BCUT2D eigenvalue weighted by Crippen LogP contribution is -2.63. The molecule has 0 spiro atoms. The molecule has 0 amide bonds. The van der Waals surface area contributed by atoms with Gasteiger partial charge in [-0.3, -0.25) is 0 Å². The van der Waals surface area contributed by atoms with Gasteiger partial charge in [0.25, 0.3) is 0 Å². The number of nitriles is 1. The minimum absolute atomic E-state index is 0.0448. The fraction of sp³-hybridized carbons (Fsp3) is 0.450. The zero-order valence-corrected chi connectivity index (χ0v) is 15.2. The Morgan fingerprint density at radius 1 is 1.26 bits per heavy atom. The Morgan fingerprint density at radius 3 is 2.74 bits per heavy atom. The Kier molecular flexibility index (Phi) is 4.04. The standard InChI is InChI=1S/C20H21FN4O2/c1-19-7-8-20(2,25-19)18(21)16(10-19)27-17-6-5-14(23-24-17)13-4-3-12(11-22)9-15(13)26/h3-6,9,16,18,25-26H,7-8,10H2,1-2H3/t16-,18-,19-,20+/m0/s1. The highest BCUT2D eigenvalue weighted by atomic mass is 19.1. The largest absolute Gasteiger partial charge is 0.507 e. The van der Waals surface area contributed by atoms with E-state index < -0.39 is 17.8 Å². The van der Waals surface area contributed by atoms with Crippen LogP contribution in [0.4, 0.5) is 4.39 Å². The van der Waals surface area contributed by atoms with Crippen LogP contribution < -0.4 is 10.1 Å². The third-order valence-electron chi connectivity index (χ3n) is 5.69. The van der Waals surface area contributed by atoms with Gasteiger partial charge in [0, 0.05) is 23.6 Å². The van der Waals surface area contributed by atoms with Gasteiger partial charge in [0.15, 0.2) is 6.17 Å². The molecule has 2 aliphatic heterocycles. The summed E-state index contributed by atoms with van der Waals surface area (Å²) >= 11 is 0. The Labute approximate surface area is 157 Å². The predicted octanol–water partition coefficient (Wildman–Crippen LogP) is 3.11. The van der Waals surface area contributed by atoms with E-state index in [1.54, 1.807) is 24.3 Å². The molecule has 3 heterocycles. The van der Waals surface area contributed by atoms with Crippen molar-refractivity contribution in [3.8, 4) is 29.0 Å². The lowest BCUT2D eigenvalue weighted by Gasteiger charge is -2.43. The van der Waals surface area contributed by atoms with Crippen LogP contribution in [0.1, 0.15) is 38.7 Å². The summed E-state index contributed by atoms with van der Waals surface area (Å²) in [5, 5.41) is 30.5. The summed E-state index contributed by atoms with van der Waals surface area (Å²) in [7, 11) is 0. The molecule has 2 fully saturated rings. The number of nitrogens with one attached hydrogen (secondary N) is 1. The average molecular weight is 368 g/mol. The molecule has 27 heavy (non-hydrogen) atoms. The number of alkyl halides is 1. The minimum atomic E-state index is -1.13. The number of phenolic OH excluding ortho intramolecular Hbond substituents is 1. The molecule has 7 heteroatoms. The second-order valence-corrected chi connectivity index (χ2v) is 7.97. The second-order valence-electron chi connectivity index (χ2n) is 7.97. The van der Waals surface area contributed by atoms with Crippen LogP contribution in [-0.4, -0.2) is 38.7 Å². The summed E-state index contributed by atoms with van der Waals surface area (Å²) in [5.74, 6) is 0.213. The summed E-state index contributed by atoms with van der Waals surface area (Å²) in [6.45, 7) is 4.00. The Bertz CT molecular complexity index is 913. The third kappa shape index (κ3) is 3.10. The van der Waals surface area contributed by atoms with Gasteiger partial charge in [-0.2, -0.15) is 5.26 Å². The SMILES string of the molecule is C[C@@]12CC[C@@](C)(N1)[C@@H](F)[C@@H](Oc1ccc(-c3ccc(C#N)cc3O)nn1)C2. The first-order valence-electron chi connectivity index (χ1n) is 8.99. The molecule has 2 aromatic rings. The van der Waals surface area contributed by atoms with Crippen molar-refractivity contribution in [1.82, 2.24) is 15.5 Å². The van der Waals surface area contributed by atoms with Crippen LogP contribution in [0.15, 0.2) is 30.3 Å². The Balaban J connectivity index is 1.53. The molecular weight excluding hydrogens is 347 g/mol. The predicted molar refractivity (Wildman–Crippen MR) is 97.0 cm³/mol. The van der Waals surface area contributed by atoms with E-state index in [2.05, 4.69) is 22.4 Å². The van der Waals surface area contributed by atoms with E-state index in [0.29, 0.717) is 23.2 Å². The number of fused-ring (bicyclic) bond motifs is 2. The van der Waals surface area contributed by atoms with Crippen molar-refractivity contribution in [3.05, 3.63) is 35.9 Å². The van der Waals surface area contributed by atoms with Gasteiger partial charge in [0.2, 0.25) is 5.88 Å². The van der Waals surface area contributed by atoms with E-state index in [1.165, 1.54) is 6.07 Å². The number of ether oxygens (including phenoxy) is 1. The molecule has 0 aliphatic carbocycles. The Hall–Kier alpha value is -2.72. The van der Waals surface area contributed by atoms with Crippen LogP contribution in [0.5, 0.6) is 11.6 Å². The van der Waals surface area contributed by atoms with Crippen LogP contribution in [0.2, 0.25) is 0 Å². The molecule has 0 saturated carbocycles. The molecule has 2 bridgehead atoms. The highest BCUT2D eigenvalue weighted by molar-refractivity contribution is 5.67. The van der Waals surface area contributed by atoms with Gasteiger partial charge in [-0.25, -0.2) is 4.39 Å². The summed E-state index contributed by atoms with van der Waals surface area (Å²) in [4.78, 5) is 0. The zero-order chi connectivity index (χ0) is 19.2. The van der Waals surface area contributed by atoms with Crippen molar-refractivity contribution in [2.45, 2.75) is 56.5 Å². The molecular formula is C20H21FN4O2. The van der Waals surface area contributed by atoms with Crippen LogP contribution in [0, 0.1) is 11.3 Å². The van der Waals surface area contributed by atoms with Crippen molar-refractivity contribution < 1.29 is 14.2 Å². The van der Waals surface area contributed by atoms with E-state index in [-0.39, 0.29) is 17.2 Å². The van der Waals surface area contributed by atoms with Crippen LogP contribution in [0.3, 0.4) is 0 Å². The normalized spacial score (nSPS) is 32.1. The average Bonchev–Trinajstić information content (AvgIpc) is 2.93. The van der Waals surface area contributed by atoms with E-state index >= 15 is 0 Å². The molecule has 4 atom stereocenters. The summed E-state index contributed by atoms with van der Waals surface area (Å²) in [5.41, 5.74) is 0.589. The highest BCUT2D eigenvalue weighted by Crippen LogP contribution is 2.44. The van der Waals surface area contributed by atoms with E-state index in [9.17, 15) is 9.50 Å². The van der Waals surface area contributed by atoms with Crippen LogP contribution in [0.25, 0.3) is 11.3 Å². The van der Waals surface area contributed by atoms with Crippen molar-refractivity contribution in [2.24, 2.45) is 0 Å². The van der Waals surface area contributed by atoms with Gasteiger partial charge >= 0.3 is 0 Å². The monoisotopic (exact) mass is 368 g/mol. The number of piperidine rings is 1. The summed E-state index contributed by atoms with van der Waals surface area (Å²) < 4.78 is 20.8. The van der Waals surface area contributed by atoms with Gasteiger partial charge in [-0.15, -0.1) is 10.2 Å². The maximum absolute atomic E-state index is 15.0. The molecule has 4 rings (SSSR count). The Morgan fingerprint density at radius 2 is 2.07 bits per heavy atom. The molecule has 140 valence electrons. The number of phenols is 1. The quantitative estimate of drug-likeness (QED) is 0.865. The fourth-order valence-electron chi connectivity index (χ4n) is 4.27. The summed E-state index contributed by atoms with van der Waals surface area (Å²) in [6.07, 6.45) is 0.577. The van der Waals surface area contributed by atoms with Crippen molar-refractivity contribution >= 4 is 0 Å². The molecule has 1 aromatic heterocycles. The summed E-state index contributed by atoms with van der Waals surface area (Å²) in [6, 6.07) is 9.84. The van der Waals surface area contributed by atoms with Crippen molar-refractivity contribution in [3.63, 3.8) is 0 Å². The number of rotatable bonds is 3. The smallest absolute Gasteiger partial charge is 0.233 e. The zero-order valence-electron chi connectivity index (χ0n) is 15.2. The van der Waals surface area contributed by atoms with Crippen LogP contribution >= 0.6 is 0 Å². The van der Waals surface area contributed by atoms with E-state index in [4.69, 9.17) is 10.00 Å². The first-order chi connectivity index (χ1) is 12.8. The van der Waals surface area contributed by atoms with Crippen molar-refractivity contribution in [2.75, 3.05) is 0 Å². The number of hydrogen-bond donors (Lipinski definition) is 2. The third-order valence-corrected chi connectivity index (χ3v) is 5.69. The van der Waals surface area contributed by atoms with Crippen molar-refractivity contribution in [1.29, 1.82) is 5.26 Å². The molecule has 2 aliphatic rings. The minimum Gasteiger partial charge on any atom is -0.507 e. The van der Waals surface area contributed by atoms with Gasteiger partial charge in [0.1, 0.15) is 11.9 Å². The maximum Gasteiger partial charge on any atom is 0.233 e. The molecule has 0 radical (unpaired) electrons. The van der Waals surface area contributed by atoms with E-state index in [1.807, 2.05) is 13.0 Å². The van der Waals surface area contributed by atoms with Gasteiger partial charge in [0.05, 0.1) is 22.9 Å². The number of benzene rings is 1. The highest BCUT2D eigenvalue weighted by Gasteiger charge is 2.56. The number of halogens is 1. The number of aromatic nitrogens is 2.